The second-order valence-electron chi connectivity index (χ2n) is 5.09. The van der Waals surface area contributed by atoms with Crippen LogP contribution in [0, 0.1) is 0 Å². The van der Waals surface area contributed by atoms with E-state index in [1.807, 2.05) is 6.92 Å². The summed E-state index contributed by atoms with van der Waals surface area (Å²) in [6, 6.07) is 6.62. The summed E-state index contributed by atoms with van der Waals surface area (Å²) in [5.74, 6) is 2.27. The highest BCUT2D eigenvalue weighted by atomic mass is 16.5. The van der Waals surface area contributed by atoms with Gasteiger partial charge in [-0.05, 0) is 36.8 Å². The summed E-state index contributed by atoms with van der Waals surface area (Å²) < 4.78 is 21.1. The van der Waals surface area contributed by atoms with Crippen molar-refractivity contribution < 1.29 is 23.4 Å². The van der Waals surface area contributed by atoms with Gasteiger partial charge in [-0.15, -0.1) is 0 Å². The Morgan fingerprint density at radius 3 is 2.33 bits per heavy atom. The lowest BCUT2D eigenvalue weighted by molar-refractivity contribution is 0.236. The van der Waals surface area contributed by atoms with E-state index < -0.39 is 0 Å². The number of hydrogen-bond donors (Lipinski definition) is 2. The van der Waals surface area contributed by atoms with Crippen LogP contribution >= 0.6 is 0 Å². The minimum Gasteiger partial charge on any atom is -0.493 e. The SMILES string of the molecule is COc1cc(C(C)NC(=O)NCc2ccco2)cc(OC)c1OC. The molecule has 1 unspecified atom stereocenters. The zero-order valence-electron chi connectivity index (χ0n) is 14.2. The van der Waals surface area contributed by atoms with Crippen LogP contribution in [0.4, 0.5) is 4.79 Å². The van der Waals surface area contributed by atoms with Gasteiger partial charge in [0.15, 0.2) is 11.5 Å². The Hall–Kier alpha value is -2.83. The fourth-order valence-corrected chi connectivity index (χ4v) is 2.26. The van der Waals surface area contributed by atoms with E-state index in [0.29, 0.717) is 29.6 Å². The highest BCUT2D eigenvalue weighted by Crippen LogP contribution is 2.39. The first-order chi connectivity index (χ1) is 11.6. The van der Waals surface area contributed by atoms with Gasteiger partial charge in [0, 0.05) is 0 Å². The minimum absolute atomic E-state index is 0.254. The third kappa shape index (κ3) is 4.13. The monoisotopic (exact) mass is 334 g/mol. The number of furan rings is 1. The topological polar surface area (TPSA) is 82.0 Å². The molecule has 7 heteroatoms. The van der Waals surface area contributed by atoms with Gasteiger partial charge in [-0.3, -0.25) is 0 Å². The van der Waals surface area contributed by atoms with Crippen molar-refractivity contribution in [3.63, 3.8) is 0 Å². The van der Waals surface area contributed by atoms with Crippen LogP contribution in [0.25, 0.3) is 0 Å². The van der Waals surface area contributed by atoms with Gasteiger partial charge in [-0.2, -0.15) is 0 Å². The molecule has 1 atom stereocenters. The van der Waals surface area contributed by atoms with Gasteiger partial charge < -0.3 is 29.3 Å². The number of urea groups is 1. The first kappa shape index (κ1) is 17.5. The van der Waals surface area contributed by atoms with Crippen LogP contribution in [0.3, 0.4) is 0 Å². The average molecular weight is 334 g/mol. The molecule has 2 amide bonds. The number of carbonyl (C=O) groups excluding carboxylic acids is 1. The first-order valence-electron chi connectivity index (χ1n) is 7.45. The van der Waals surface area contributed by atoms with Crippen LogP contribution in [0.1, 0.15) is 24.3 Å². The maximum atomic E-state index is 12.0. The Morgan fingerprint density at radius 1 is 1.17 bits per heavy atom. The standard InChI is InChI=1S/C17H22N2O5/c1-11(19-17(20)18-10-13-6-5-7-24-13)12-8-14(21-2)16(23-4)15(9-12)22-3/h5-9,11H,10H2,1-4H3,(H2,18,19,20). The molecule has 0 saturated heterocycles. The van der Waals surface area contributed by atoms with Gasteiger partial charge in [0.25, 0.3) is 0 Å². The van der Waals surface area contributed by atoms with Crippen molar-refractivity contribution in [2.24, 2.45) is 0 Å². The maximum absolute atomic E-state index is 12.0. The lowest BCUT2D eigenvalue weighted by Crippen LogP contribution is -2.36. The summed E-state index contributed by atoms with van der Waals surface area (Å²) in [6.45, 7) is 2.19. The Morgan fingerprint density at radius 2 is 1.83 bits per heavy atom. The van der Waals surface area contributed by atoms with Crippen LogP contribution in [0.15, 0.2) is 34.9 Å². The zero-order chi connectivity index (χ0) is 17.5. The average Bonchev–Trinajstić information content (AvgIpc) is 3.11. The number of amides is 2. The lowest BCUT2D eigenvalue weighted by atomic mass is 10.1. The molecule has 2 N–H and O–H groups in total. The fraction of sp³-hybridized carbons (Fsp3) is 0.353. The fourth-order valence-electron chi connectivity index (χ4n) is 2.26. The summed E-state index contributed by atoms with van der Waals surface area (Å²) in [7, 11) is 4.65. The van der Waals surface area contributed by atoms with E-state index in [1.165, 1.54) is 0 Å². The second-order valence-corrected chi connectivity index (χ2v) is 5.09. The van der Waals surface area contributed by atoms with E-state index >= 15 is 0 Å². The van der Waals surface area contributed by atoms with Gasteiger partial charge in [0.05, 0.1) is 40.2 Å². The van der Waals surface area contributed by atoms with Crippen LogP contribution in [-0.4, -0.2) is 27.4 Å². The van der Waals surface area contributed by atoms with Gasteiger partial charge in [0.1, 0.15) is 5.76 Å². The number of methoxy groups -OCH3 is 3. The van der Waals surface area contributed by atoms with Crippen molar-refractivity contribution in [1.29, 1.82) is 0 Å². The minimum atomic E-state index is -0.298. The Bertz CT molecular complexity index is 645. The molecule has 0 aliphatic heterocycles. The molecule has 0 aliphatic carbocycles. The molecule has 1 aromatic heterocycles. The van der Waals surface area contributed by atoms with Crippen molar-refractivity contribution in [3.05, 3.63) is 41.9 Å². The normalized spacial score (nSPS) is 11.5. The summed E-state index contributed by atoms with van der Waals surface area (Å²) in [6.07, 6.45) is 1.56. The third-order valence-corrected chi connectivity index (χ3v) is 3.54. The van der Waals surface area contributed by atoms with Crippen LogP contribution in [0.2, 0.25) is 0 Å². The highest BCUT2D eigenvalue weighted by molar-refractivity contribution is 5.74. The first-order valence-corrected chi connectivity index (χ1v) is 7.45. The van der Waals surface area contributed by atoms with Crippen LogP contribution < -0.4 is 24.8 Å². The highest BCUT2D eigenvalue weighted by Gasteiger charge is 2.17. The molecule has 0 radical (unpaired) electrons. The molecule has 1 heterocycles. The van der Waals surface area contributed by atoms with Crippen LogP contribution in [0.5, 0.6) is 17.2 Å². The Labute approximate surface area is 140 Å². The van der Waals surface area contributed by atoms with E-state index in [-0.39, 0.29) is 12.1 Å². The molecule has 0 fully saturated rings. The van der Waals surface area contributed by atoms with Gasteiger partial charge in [-0.1, -0.05) is 0 Å². The molecule has 2 rings (SSSR count). The van der Waals surface area contributed by atoms with Crippen molar-refractivity contribution in [1.82, 2.24) is 10.6 Å². The molecule has 7 nitrogen and oxygen atoms in total. The number of nitrogens with one attached hydrogen (secondary N) is 2. The van der Waals surface area contributed by atoms with Gasteiger partial charge in [-0.25, -0.2) is 4.79 Å². The summed E-state index contributed by atoms with van der Waals surface area (Å²) in [5, 5.41) is 5.59. The number of hydrogen-bond acceptors (Lipinski definition) is 5. The molecule has 2 aromatic rings. The molecular weight excluding hydrogens is 312 g/mol. The van der Waals surface area contributed by atoms with Gasteiger partial charge in [0.2, 0.25) is 5.75 Å². The van der Waals surface area contributed by atoms with E-state index in [0.717, 1.165) is 5.56 Å². The number of carbonyl (C=O) groups is 1. The molecule has 1 aromatic carbocycles. The van der Waals surface area contributed by atoms with E-state index in [2.05, 4.69) is 10.6 Å². The van der Waals surface area contributed by atoms with Crippen molar-refractivity contribution >= 4 is 6.03 Å². The van der Waals surface area contributed by atoms with Gasteiger partial charge >= 0.3 is 6.03 Å². The third-order valence-electron chi connectivity index (χ3n) is 3.54. The quantitative estimate of drug-likeness (QED) is 0.813. The van der Waals surface area contributed by atoms with Crippen LogP contribution in [-0.2, 0) is 6.54 Å². The van der Waals surface area contributed by atoms with E-state index in [4.69, 9.17) is 18.6 Å². The summed E-state index contributed by atoms with van der Waals surface area (Å²) >= 11 is 0. The summed E-state index contributed by atoms with van der Waals surface area (Å²) in [5.41, 5.74) is 0.831. The van der Waals surface area contributed by atoms with E-state index in [9.17, 15) is 4.79 Å². The maximum Gasteiger partial charge on any atom is 0.315 e. The van der Waals surface area contributed by atoms with Crippen molar-refractivity contribution in [2.75, 3.05) is 21.3 Å². The molecule has 130 valence electrons. The smallest absolute Gasteiger partial charge is 0.315 e. The Kier molecular flexibility index (Phi) is 5.95. The second kappa shape index (κ2) is 8.14. The summed E-state index contributed by atoms with van der Waals surface area (Å²) in [4.78, 5) is 12.0. The molecule has 0 spiro atoms. The predicted octanol–water partition coefficient (Wildman–Crippen LogP) is 2.87. The van der Waals surface area contributed by atoms with Crippen molar-refractivity contribution in [3.8, 4) is 17.2 Å². The van der Waals surface area contributed by atoms with Crippen molar-refractivity contribution in [2.45, 2.75) is 19.5 Å². The predicted molar refractivity (Wildman–Crippen MR) is 88.6 cm³/mol. The molecule has 0 aliphatic rings. The molecule has 0 saturated carbocycles. The molecule has 0 bridgehead atoms. The number of rotatable bonds is 7. The Balaban J connectivity index is 2.05. The van der Waals surface area contributed by atoms with E-state index in [1.54, 1.807) is 51.9 Å². The number of ether oxygens (including phenoxy) is 3. The molecule has 24 heavy (non-hydrogen) atoms. The zero-order valence-corrected chi connectivity index (χ0v) is 14.2. The molecular formula is C17H22N2O5. The largest absolute Gasteiger partial charge is 0.493 e. The number of benzene rings is 1. The lowest BCUT2D eigenvalue weighted by Gasteiger charge is -2.19.